The summed E-state index contributed by atoms with van der Waals surface area (Å²) in [5.41, 5.74) is 1.90. The van der Waals surface area contributed by atoms with E-state index in [1.807, 2.05) is 5.43 Å². The number of halogens is 3. The molecule has 21 heavy (non-hydrogen) atoms. The predicted octanol–water partition coefficient (Wildman–Crippen LogP) is 2.97. The van der Waals surface area contributed by atoms with Gasteiger partial charge in [-0.25, -0.2) is 13.8 Å². The first kappa shape index (κ1) is 15.3. The van der Waals surface area contributed by atoms with Crippen LogP contribution in [0.2, 0.25) is 0 Å². The van der Waals surface area contributed by atoms with E-state index in [2.05, 4.69) is 26.2 Å². The smallest absolute Gasteiger partial charge is 0.257 e. The minimum absolute atomic E-state index is 0.175. The average Bonchev–Trinajstić information content (AvgIpc) is 2.42. The lowest BCUT2D eigenvalue weighted by molar-refractivity contribution is 0.102. The molecule has 1 aromatic heterocycles. The Morgan fingerprint density at radius 1 is 1.29 bits per heavy atom. The molecule has 0 aliphatic rings. The quantitative estimate of drug-likeness (QED) is 0.583. The second-order valence-electron chi connectivity index (χ2n) is 4.18. The number of hydrogen-bond acceptors (Lipinski definition) is 4. The van der Waals surface area contributed by atoms with E-state index in [9.17, 15) is 13.6 Å². The number of aromatic nitrogens is 1. The van der Waals surface area contributed by atoms with Gasteiger partial charge in [-0.2, -0.15) is 0 Å². The van der Waals surface area contributed by atoms with Gasteiger partial charge in [-0.3, -0.25) is 10.6 Å². The molecule has 0 aliphatic heterocycles. The van der Waals surface area contributed by atoms with E-state index in [1.165, 1.54) is 0 Å². The minimum Gasteiger partial charge on any atom is -0.319 e. The Labute approximate surface area is 127 Å². The van der Waals surface area contributed by atoms with Crippen LogP contribution in [0.25, 0.3) is 0 Å². The third kappa shape index (κ3) is 3.34. The number of hydrogen-bond donors (Lipinski definition) is 3. The number of rotatable bonds is 3. The number of aryl methyl sites for hydroxylation is 1. The number of carbonyl (C=O) groups excluding carboxylic acids is 1. The van der Waals surface area contributed by atoms with Crippen molar-refractivity contribution in [2.75, 3.05) is 10.7 Å². The van der Waals surface area contributed by atoms with Crippen LogP contribution >= 0.6 is 15.9 Å². The number of amides is 1. The van der Waals surface area contributed by atoms with Crippen LogP contribution in [-0.2, 0) is 0 Å². The van der Waals surface area contributed by atoms with Gasteiger partial charge in [-0.1, -0.05) is 0 Å². The zero-order chi connectivity index (χ0) is 15.6. The van der Waals surface area contributed by atoms with E-state index >= 15 is 0 Å². The summed E-state index contributed by atoms with van der Waals surface area (Å²) in [5, 5.41) is 2.46. The van der Waals surface area contributed by atoms with Crippen LogP contribution in [0.15, 0.2) is 28.7 Å². The lowest BCUT2D eigenvalue weighted by atomic mass is 10.1. The van der Waals surface area contributed by atoms with E-state index in [-0.39, 0.29) is 11.4 Å². The number of anilines is 2. The molecule has 0 bridgehead atoms. The third-order valence-electron chi connectivity index (χ3n) is 2.71. The fraction of sp³-hybridized carbons (Fsp3) is 0.0769. The lowest BCUT2D eigenvalue weighted by Gasteiger charge is -2.09. The topological polar surface area (TPSA) is 80.0 Å². The van der Waals surface area contributed by atoms with Gasteiger partial charge in [0.2, 0.25) is 0 Å². The van der Waals surface area contributed by atoms with Gasteiger partial charge in [0.15, 0.2) is 11.6 Å². The number of carbonyl (C=O) groups is 1. The molecule has 2 rings (SSSR count). The van der Waals surface area contributed by atoms with Crippen LogP contribution in [0.5, 0.6) is 0 Å². The molecule has 8 heteroatoms. The summed E-state index contributed by atoms with van der Waals surface area (Å²) in [6.45, 7) is 1.75. The normalized spacial score (nSPS) is 10.3. The molecule has 1 amide bonds. The number of nitrogens with two attached hydrogens (primary N) is 1. The highest BCUT2D eigenvalue weighted by atomic mass is 79.9. The van der Waals surface area contributed by atoms with Gasteiger partial charge in [0.25, 0.3) is 5.91 Å². The largest absolute Gasteiger partial charge is 0.319 e. The molecule has 110 valence electrons. The number of hydrazine groups is 1. The molecule has 1 aromatic carbocycles. The number of nitrogens with one attached hydrogen (secondary N) is 2. The van der Waals surface area contributed by atoms with Gasteiger partial charge in [0.1, 0.15) is 11.5 Å². The molecule has 0 aliphatic carbocycles. The molecule has 0 unspecified atom stereocenters. The molecule has 4 N–H and O–H groups in total. The van der Waals surface area contributed by atoms with Crippen molar-refractivity contribution in [2.24, 2.45) is 5.84 Å². The van der Waals surface area contributed by atoms with Crippen molar-refractivity contribution in [3.05, 3.63) is 51.6 Å². The van der Waals surface area contributed by atoms with Crippen molar-refractivity contribution < 1.29 is 13.6 Å². The van der Waals surface area contributed by atoms with E-state index in [0.717, 1.165) is 16.6 Å². The van der Waals surface area contributed by atoms with Gasteiger partial charge >= 0.3 is 0 Å². The molecule has 0 atom stereocenters. The fourth-order valence-corrected chi connectivity index (χ4v) is 1.87. The zero-order valence-electron chi connectivity index (χ0n) is 10.9. The summed E-state index contributed by atoms with van der Waals surface area (Å²) >= 11 is 3.28. The SMILES string of the molecule is Cc1nc(NC(=O)c2cc(F)c(NN)c(F)c2)ccc1Br. The highest BCUT2D eigenvalue weighted by molar-refractivity contribution is 9.10. The van der Waals surface area contributed by atoms with Crippen LogP contribution in [0.4, 0.5) is 20.3 Å². The number of benzene rings is 1. The van der Waals surface area contributed by atoms with Crippen molar-refractivity contribution in [1.82, 2.24) is 4.98 Å². The number of nitrogen functional groups attached to an aromatic ring is 1. The first-order valence-corrected chi connectivity index (χ1v) is 6.62. The van der Waals surface area contributed by atoms with Crippen LogP contribution in [0, 0.1) is 18.6 Å². The number of pyridine rings is 1. The van der Waals surface area contributed by atoms with Crippen molar-refractivity contribution in [3.63, 3.8) is 0 Å². The fourth-order valence-electron chi connectivity index (χ4n) is 1.64. The summed E-state index contributed by atoms with van der Waals surface area (Å²) in [6.07, 6.45) is 0. The first-order valence-electron chi connectivity index (χ1n) is 5.82. The Bertz CT molecular complexity index is 686. The maximum absolute atomic E-state index is 13.5. The van der Waals surface area contributed by atoms with Crippen molar-refractivity contribution in [1.29, 1.82) is 0 Å². The summed E-state index contributed by atoms with van der Waals surface area (Å²) < 4.78 is 27.9. The Morgan fingerprint density at radius 2 is 1.90 bits per heavy atom. The van der Waals surface area contributed by atoms with Crippen molar-refractivity contribution in [3.8, 4) is 0 Å². The molecule has 0 saturated heterocycles. The van der Waals surface area contributed by atoms with Crippen LogP contribution in [0.3, 0.4) is 0 Å². The molecule has 1 heterocycles. The van der Waals surface area contributed by atoms with Gasteiger partial charge in [0, 0.05) is 10.0 Å². The standard InChI is InChI=1S/C13H11BrF2N4O/c1-6-8(14)2-3-11(18-6)19-13(21)7-4-9(15)12(20-17)10(16)5-7/h2-5,20H,17H2,1H3,(H,18,19,21). The Balaban J connectivity index is 2.26. The Hall–Kier alpha value is -2.06. The van der Waals surface area contributed by atoms with E-state index in [0.29, 0.717) is 5.69 Å². The maximum Gasteiger partial charge on any atom is 0.257 e. The summed E-state index contributed by atoms with van der Waals surface area (Å²) in [7, 11) is 0. The molecule has 0 radical (unpaired) electrons. The maximum atomic E-state index is 13.5. The molecule has 2 aromatic rings. The molecule has 0 saturated carbocycles. The van der Waals surface area contributed by atoms with E-state index in [4.69, 9.17) is 5.84 Å². The Morgan fingerprint density at radius 3 is 2.43 bits per heavy atom. The second-order valence-corrected chi connectivity index (χ2v) is 5.03. The molecule has 0 spiro atoms. The summed E-state index contributed by atoms with van der Waals surface area (Å²) in [4.78, 5) is 16.1. The van der Waals surface area contributed by atoms with E-state index < -0.39 is 23.2 Å². The van der Waals surface area contributed by atoms with E-state index in [1.54, 1.807) is 19.1 Å². The predicted molar refractivity (Wildman–Crippen MR) is 78.8 cm³/mol. The molecule has 0 fully saturated rings. The van der Waals surface area contributed by atoms with Gasteiger partial charge < -0.3 is 10.7 Å². The van der Waals surface area contributed by atoms with Crippen molar-refractivity contribution >= 4 is 33.3 Å². The average molecular weight is 357 g/mol. The van der Waals surface area contributed by atoms with Gasteiger partial charge in [-0.15, -0.1) is 0 Å². The summed E-state index contributed by atoms with van der Waals surface area (Å²) in [6, 6.07) is 5.05. The van der Waals surface area contributed by atoms with Crippen LogP contribution < -0.4 is 16.6 Å². The highest BCUT2D eigenvalue weighted by Gasteiger charge is 2.15. The monoisotopic (exact) mass is 356 g/mol. The highest BCUT2D eigenvalue weighted by Crippen LogP contribution is 2.21. The van der Waals surface area contributed by atoms with Gasteiger partial charge in [-0.05, 0) is 47.1 Å². The molecule has 5 nitrogen and oxygen atoms in total. The first-order chi connectivity index (χ1) is 9.92. The zero-order valence-corrected chi connectivity index (χ0v) is 12.5. The van der Waals surface area contributed by atoms with Crippen LogP contribution in [0.1, 0.15) is 16.1 Å². The van der Waals surface area contributed by atoms with Gasteiger partial charge in [0.05, 0.1) is 5.69 Å². The lowest BCUT2D eigenvalue weighted by Crippen LogP contribution is -2.16. The Kier molecular flexibility index (Phi) is 4.49. The third-order valence-corrected chi connectivity index (χ3v) is 3.55. The minimum atomic E-state index is -0.956. The number of nitrogens with zero attached hydrogens (tertiary/aromatic N) is 1. The summed E-state index contributed by atoms with van der Waals surface area (Å²) in [5.74, 6) is 2.68. The molecular weight excluding hydrogens is 346 g/mol. The molecular formula is C13H11BrF2N4O. The van der Waals surface area contributed by atoms with Crippen molar-refractivity contribution in [2.45, 2.75) is 6.92 Å². The second kappa shape index (κ2) is 6.15. The van der Waals surface area contributed by atoms with Crippen LogP contribution in [-0.4, -0.2) is 10.9 Å².